The smallest absolute Gasteiger partial charge is 0.245 e. The van der Waals surface area contributed by atoms with Crippen molar-refractivity contribution in [3.8, 4) is 0 Å². The number of sulfonamides is 1. The van der Waals surface area contributed by atoms with Crippen molar-refractivity contribution in [1.82, 2.24) is 14.2 Å². The van der Waals surface area contributed by atoms with E-state index in [0.29, 0.717) is 6.54 Å². The molecule has 1 aromatic heterocycles. The third-order valence-electron chi connectivity index (χ3n) is 3.56. The van der Waals surface area contributed by atoms with E-state index in [1.807, 2.05) is 0 Å². The molecule has 1 amide bonds. The molecular formula is C12H17ClN4O3S. The second-order valence-corrected chi connectivity index (χ2v) is 7.67. The molecule has 1 aliphatic heterocycles. The van der Waals surface area contributed by atoms with Crippen LogP contribution in [0.2, 0.25) is 5.02 Å². The van der Waals surface area contributed by atoms with Crippen LogP contribution in [0.25, 0.3) is 0 Å². The van der Waals surface area contributed by atoms with Gasteiger partial charge in [0.2, 0.25) is 15.9 Å². The van der Waals surface area contributed by atoms with Gasteiger partial charge in [0.1, 0.15) is 16.3 Å². The second-order valence-electron chi connectivity index (χ2n) is 5.40. The fourth-order valence-corrected chi connectivity index (χ4v) is 4.25. The topological polar surface area (TPSA) is 96.6 Å². The number of nitrogens with two attached hydrogens (primary N) is 1. The first kappa shape index (κ1) is 16.0. The molecule has 0 aliphatic carbocycles. The number of piperazine rings is 1. The minimum Gasteiger partial charge on any atom is -0.382 e. The number of rotatable bonds is 2. The summed E-state index contributed by atoms with van der Waals surface area (Å²) >= 11 is 5.84. The van der Waals surface area contributed by atoms with Gasteiger partial charge >= 0.3 is 0 Å². The SMILES string of the molecule is CN1CCN(S(=O)(=O)c2cnc(N)c(Cl)c2)C(C)(C)C1=O. The van der Waals surface area contributed by atoms with Gasteiger partial charge in [0.25, 0.3) is 0 Å². The van der Waals surface area contributed by atoms with Gasteiger partial charge in [0.05, 0.1) is 5.02 Å². The van der Waals surface area contributed by atoms with E-state index in [-0.39, 0.29) is 28.2 Å². The van der Waals surface area contributed by atoms with Crippen LogP contribution in [-0.2, 0) is 14.8 Å². The van der Waals surface area contributed by atoms with Gasteiger partial charge in [-0.15, -0.1) is 0 Å². The summed E-state index contributed by atoms with van der Waals surface area (Å²) in [6.07, 6.45) is 1.15. The van der Waals surface area contributed by atoms with Gasteiger partial charge in [-0.2, -0.15) is 4.31 Å². The minimum absolute atomic E-state index is 0.0596. The molecule has 9 heteroatoms. The highest BCUT2D eigenvalue weighted by Crippen LogP contribution is 2.30. The lowest BCUT2D eigenvalue weighted by Crippen LogP contribution is -2.63. The standard InChI is InChI=1S/C12H17ClN4O3S/c1-12(2)11(18)16(3)4-5-17(12)21(19,20)8-6-9(13)10(14)15-7-8/h6-7H,4-5H2,1-3H3,(H2,14,15). The Balaban J connectivity index is 2.48. The molecule has 116 valence electrons. The van der Waals surface area contributed by atoms with E-state index < -0.39 is 15.6 Å². The highest BCUT2D eigenvalue weighted by atomic mass is 35.5. The van der Waals surface area contributed by atoms with Crippen molar-refractivity contribution >= 4 is 33.3 Å². The van der Waals surface area contributed by atoms with Crippen molar-refractivity contribution in [2.24, 2.45) is 0 Å². The number of carbonyl (C=O) groups is 1. The van der Waals surface area contributed by atoms with Gasteiger partial charge in [-0.25, -0.2) is 13.4 Å². The lowest BCUT2D eigenvalue weighted by Gasteiger charge is -2.43. The van der Waals surface area contributed by atoms with Crippen LogP contribution in [-0.4, -0.2) is 54.2 Å². The van der Waals surface area contributed by atoms with Crippen LogP contribution in [0.15, 0.2) is 17.2 Å². The molecule has 0 aromatic carbocycles. The number of hydrogen-bond acceptors (Lipinski definition) is 5. The lowest BCUT2D eigenvalue weighted by atomic mass is 10.0. The van der Waals surface area contributed by atoms with Crippen molar-refractivity contribution in [3.05, 3.63) is 17.3 Å². The van der Waals surface area contributed by atoms with E-state index in [1.54, 1.807) is 20.9 Å². The number of amides is 1. The van der Waals surface area contributed by atoms with E-state index in [9.17, 15) is 13.2 Å². The number of carbonyl (C=O) groups excluding carboxylic acids is 1. The molecule has 2 N–H and O–H groups in total. The molecule has 1 fully saturated rings. The van der Waals surface area contributed by atoms with Gasteiger partial charge in [-0.05, 0) is 19.9 Å². The Labute approximate surface area is 128 Å². The van der Waals surface area contributed by atoms with Gasteiger partial charge in [-0.1, -0.05) is 11.6 Å². The predicted molar refractivity (Wildman–Crippen MR) is 79.3 cm³/mol. The molecule has 1 aliphatic rings. The van der Waals surface area contributed by atoms with Gasteiger partial charge < -0.3 is 10.6 Å². The van der Waals surface area contributed by atoms with Crippen molar-refractivity contribution in [1.29, 1.82) is 0 Å². The Morgan fingerprint density at radius 1 is 1.38 bits per heavy atom. The van der Waals surface area contributed by atoms with Crippen molar-refractivity contribution in [3.63, 3.8) is 0 Å². The number of aromatic nitrogens is 1. The molecule has 0 spiro atoms. The van der Waals surface area contributed by atoms with Gasteiger partial charge in [0, 0.05) is 26.3 Å². The zero-order chi connectivity index (χ0) is 16.0. The molecule has 1 aromatic rings. The normalized spacial score (nSPS) is 19.8. The third kappa shape index (κ3) is 2.58. The van der Waals surface area contributed by atoms with Gasteiger partial charge in [-0.3, -0.25) is 4.79 Å². The minimum atomic E-state index is -3.88. The molecule has 7 nitrogen and oxygen atoms in total. The van der Waals surface area contributed by atoms with Crippen molar-refractivity contribution in [2.75, 3.05) is 25.9 Å². The van der Waals surface area contributed by atoms with E-state index in [1.165, 1.54) is 15.3 Å². The molecular weight excluding hydrogens is 316 g/mol. The predicted octanol–water partition coefficient (Wildman–Crippen LogP) is 0.558. The number of likely N-dealkylation sites (N-methyl/N-ethyl adjacent to an activating group) is 1. The summed E-state index contributed by atoms with van der Waals surface area (Å²) in [5.74, 6) is -0.198. The average molecular weight is 333 g/mol. The van der Waals surface area contributed by atoms with Crippen LogP contribution in [0, 0.1) is 0 Å². The Hall–Kier alpha value is -1.38. The Morgan fingerprint density at radius 2 is 2.00 bits per heavy atom. The molecule has 1 saturated heterocycles. The average Bonchev–Trinajstić information content (AvgIpc) is 2.38. The maximum absolute atomic E-state index is 12.7. The molecule has 21 heavy (non-hydrogen) atoms. The van der Waals surface area contributed by atoms with E-state index in [2.05, 4.69) is 4.98 Å². The highest BCUT2D eigenvalue weighted by Gasteiger charge is 2.47. The van der Waals surface area contributed by atoms with E-state index >= 15 is 0 Å². The third-order valence-corrected chi connectivity index (χ3v) is 5.91. The molecule has 0 radical (unpaired) electrons. The summed E-state index contributed by atoms with van der Waals surface area (Å²) < 4.78 is 26.6. The first-order valence-electron chi connectivity index (χ1n) is 6.28. The highest BCUT2D eigenvalue weighted by molar-refractivity contribution is 7.89. The fraction of sp³-hybridized carbons (Fsp3) is 0.500. The molecule has 2 heterocycles. The van der Waals surface area contributed by atoms with Crippen LogP contribution in [0.4, 0.5) is 5.82 Å². The molecule has 0 saturated carbocycles. The van der Waals surface area contributed by atoms with Gasteiger partial charge in [0.15, 0.2) is 0 Å². The first-order valence-corrected chi connectivity index (χ1v) is 8.09. The summed E-state index contributed by atoms with van der Waals surface area (Å²) in [6.45, 7) is 3.70. The van der Waals surface area contributed by atoms with Crippen LogP contribution < -0.4 is 5.73 Å². The maximum atomic E-state index is 12.7. The zero-order valence-corrected chi connectivity index (χ0v) is 13.6. The number of nitrogens with zero attached hydrogens (tertiary/aromatic N) is 3. The molecule has 0 atom stereocenters. The Morgan fingerprint density at radius 3 is 2.57 bits per heavy atom. The fourth-order valence-electron chi connectivity index (χ4n) is 2.32. The number of anilines is 1. The number of hydrogen-bond donors (Lipinski definition) is 1. The maximum Gasteiger partial charge on any atom is 0.245 e. The summed E-state index contributed by atoms with van der Waals surface area (Å²) in [4.78, 5) is 17.4. The molecule has 0 bridgehead atoms. The first-order chi connectivity index (χ1) is 9.58. The number of halogens is 1. The Kier molecular flexibility index (Phi) is 3.90. The summed E-state index contributed by atoms with van der Waals surface area (Å²) in [7, 11) is -2.23. The quantitative estimate of drug-likeness (QED) is 0.853. The monoisotopic (exact) mass is 332 g/mol. The molecule has 0 unspecified atom stereocenters. The summed E-state index contributed by atoms with van der Waals surface area (Å²) in [5.41, 5.74) is 4.32. The number of nitrogen functional groups attached to an aromatic ring is 1. The lowest BCUT2D eigenvalue weighted by molar-refractivity contribution is -0.142. The van der Waals surface area contributed by atoms with Crippen LogP contribution in [0.5, 0.6) is 0 Å². The summed E-state index contributed by atoms with van der Waals surface area (Å²) in [6, 6.07) is 1.25. The Bertz CT molecular complexity index is 690. The van der Waals surface area contributed by atoms with Crippen molar-refractivity contribution < 1.29 is 13.2 Å². The zero-order valence-electron chi connectivity index (χ0n) is 12.0. The number of pyridine rings is 1. The van der Waals surface area contributed by atoms with E-state index in [0.717, 1.165) is 6.20 Å². The van der Waals surface area contributed by atoms with Crippen molar-refractivity contribution in [2.45, 2.75) is 24.3 Å². The van der Waals surface area contributed by atoms with Crippen LogP contribution in [0.1, 0.15) is 13.8 Å². The summed E-state index contributed by atoms with van der Waals surface area (Å²) in [5, 5.41) is 0.0642. The molecule has 2 rings (SSSR count). The second kappa shape index (κ2) is 5.11. The largest absolute Gasteiger partial charge is 0.382 e. The van der Waals surface area contributed by atoms with Crippen LogP contribution >= 0.6 is 11.6 Å². The van der Waals surface area contributed by atoms with Crippen LogP contribution in [0.3, 0.4) is 0 Å². The van der Waals surface area contributed by atoms with E-state index in [4.69, 9.17) is 17.3 Å².